The van der Waals surface area contributed by atoms with Crippen molar-refractivity contribution < 1.29 is 8.95 Å². The zero-order chi connectivity index (χ0) is 20.4. The lowest BCUT2D eigenvalue weighted by atomic mass is 10.1. The number of nitrogens with zero attached hydrogens (tertiary/aromatic N) is 4. The summed E-state index contributed by atoms with van der Waals surface area (Å²) in [6.07, 6.45) is 7.90. The Kier molecular flexibility index (Phi) is 5.70. The number of anilines is 1. The number of aryl methyl sites for hydroxylation is 1. The smallest absolute Gasteiger partial charge is 0.127 e. The number of thiophene rings is 1. The maximum absolute atomic E-state index is 12.8. The highest BCUT2D eigenvalue weighted by Crippen LogP contribution is 2.42. The van der Waals surface area contributed by atoms with Crippen molar-refractivity contribution >= 4 is 38.0 Å². The van der Waals surface area contributed by atoms with E-state index in [4.69, 9.17) is 15.5 Å². The predicted molar refractivity (Wildman–Crippen MR) is 117 cm³/mol. The number of nitrogen functional groups attached to an aromatic ring is 1. The molecule has 4 heterocycles. The summed E-state index contributed by atoms with van der Waals surface area (Å²) in [5.41, 5.74) is 10.4. The minimum Gasteiger partial charge on any atom is -0.396 e. The zero-order valence-corrected chi connectivity index (χ0v) is 17.8. The van der Waals surface area contributed by atoms with Crippen LogP contribution in [0.4, 0.5) is 5.69 Å². The molecule has 9 heteroatoms. The van der Waals surface area contributed by atoms with E-state index in [1.807, 2.05) is 36.0 Å². The van der Waals surface area contributed by atoms with E-state index in [2.05, 4.69) is 9.97 Å². The molecule has 0 saturated heterocycles. The first-order chi connectivity index (χ1) is 14.1. The summed E-state index contributed by atoms with van der Waals surface area (Å²) in [5.74, 6) is 0.499. The predicted octanol–water partition coefficient (Wildman–Crippen LogP) is 3.49. The van der Waals surface area contributed by atoms with E-state index >= 15 is 0 Å². The molecule has 0 spiro atoms. The number of imidazole rings is 1. The van der Waals surface area contributed by atoms with Crippen molar-refractivity contribution in [1.82, 2.24) is 19.5 Å². The number of rotatable bonds is 7. The van der Waals surface area contributed by atoms with Crippen LogP contribution >= 0.6 is 11.3 Å². The minimum absolute atomic E-state index is 0.499. The number of ether oxygens (including phenoxy) is 1. The SMILES string of the molecule is COCCC[S@](=O)c1sc2nc(-c3cccnc3)cc(-c3cn(C)cn3)c2c1N. The summed E-state index contributed by atoms with van der Waals surface area (Å²) in [6, 6.07) is 5.81. The van der Waals surface area contributed by atoms with Gasteiger partial charge in [-0.25, -0.2) is 9.97 Å². The number of methoxy groups -OCH3 is 1. The average molecular weight is 428 g/mol. The van der Waals surface area contributed by atoms with Crippen LogP contribution in [0.15, 0.2) is 47.3 Å². The normalized spacial score (nSPS) is 12.5. The van der Waals surface area contributed by atoms with Crippen molar-refractivity contribution in [2.24, 2.45) is 7.05 Å². The largest absolute Gasteiger partial charge is 0.396 e. The molecule has 0 aliphatic carbocycles. The lowest BCUT2D eigenvalue weighted by Gasteiger charge is -2.06. The Balaban J connectivity index is 1.89. The molecule has 0 aliphatic rings. The average Bonchev–Trinajstić information content (AvgIpc) is 3.31. The van der Waals surface area contributed by atoms with Crippen molar-refractivity contribution in [2.75, 3.05) is 25.2 Å². The van der Waals surface area contributed by atoms with Crippen LogP contribution in [0.1, 0.15) is 6.42 Å². The second-order valence-corrected chi connectivity index (χ2v) is 9.37. The number of nitrogens with two attached hydrogens (primary N) is 1. The highest BCUT2D eigenvalue weighted by atomic mass is 32.2. The third-order valence-corrected chi connectivity index (χ3v) is 7.48. The van der Waals surface area contributed by atoms with Crippen LogP contribution in [0.2, 0.25) is 0 Å². The van der Waals surface area contributed by atoms with Gasteiger partial charge in [-0.3, -0.25) is 9.19 Å². The van der Waals surface area contributed by atoms with Crippen LogP contribution in [-0.2, 0) is 22.6 Å². The third kappa shape index (κ3) is 3.93. The van der Waals surface area contributed by atoms with E-state index in [9.17, 15) is 4.21 Å². The summed E-state index contributed by atoms with van der Waals surface area (Å²) in [6.45, 7) is 0.569. The number of hydrogen-bond acceptors (Lipinski definition) is 7. The van der Waals surface area contributed by atoms with Crippen molar-refractivity contribution in [3.05, 3.63) is 43.1 Å². The molecule has 150 valence electrons. The Hall–Kier alpha value is -2.62. The monoisotopic (exact) mass is 427 g/mol. The summed E-state index contributed by atoms with van der Waals surface area (Å²) < 4.78 is 20.5. The highest BCUT2D eigenvalue weighted by Gasteiger charge is 2.21. The fraction of sp³-hybridized carbons (Fsp3) is 0.250. The van der Waals surface area contributed by atoms with E-state index < -0.39 is 10.8 Å². The quantitative estimate of drug-likeness (QED) is 0.454. The number of pyridine rings is 2. The Bertz CT molecular complexity index is 1170. The first kappa shape index (κ1) is 19.7. The molecule has 4 aromatic rings. The van der Waals surface area contributed by atoms with Crippen molar-refractivity contribution in [1.29, 1.82) is 0 Å². The summed E-state index contributed by atoms with van der Waals surface area (Å²) >= 11 is 1.38. The van der Waals surface area contributed by atoms with Gasteiger partial charge in [-0.1, -0.05) is 0 Å². The molecule has 29 heavy (non-hydrogen) atoms. The molecule has 0 saturated carbocycles. The molecular weight excluding hydrogens is 406 g/mol. The molecule has 2 N–H and O–H groups in total. The lowest BCUT2D eigenvalue weighted by Crippen LogP contribution is -2.02. The van der Waals surface area contributed by atoms with Crippen LogP contribution in [0.25, 0.3) is 32.7 Å². The van der Waals surface area contributed by atoms with Crippen LogP contribution in [0.5, 0.6) is 0 Å². The summed E-state index contributed by atoms with van der Waals surface area (Å²) in [7, 11) is 2.36. The topological polar surface area (TPSA) is 95.9 Å². The first-order valence-electron chi connectivity index (χ1n) is 9.07. The standard InChI is InChI=1S/C20H21N5O2S2/c1-25-11-16(23-12-25)14-9-15(13-5-3-6-22-10-13)24-19-17(14)18(21)20(28-19)29(26)8-4-7-27-2/h3,5-6,9-12H,4,7-8,21H2,1-2H3/t29-/m0/s1. The maximum Gasteiger partial charge on any atom is 0.127 e. The molecular formula is C20H21N5O2S2. The Morgan fingerprint density at radius 3 is 2.90 bits per heavy atom. The van der Waals surface area contributed by atoms with Gasteiger partial charge in [-0.15, -0.1) is 11.3 Å². The molecule has 4 aromatic heterocycles. The fourth-order valence-corrected chi connectivity index (χ4v) is 5.74. The van der Waals surface area contributed by atoms with Crippen LogP contribution < -0.4 is 5.73 Å². The molecule has 0 amide bonds. The van der Waals surface area contributed by atoms with E-state index in [0.717, 1.165) is 32.7 Å². The number of aromatic nitrogens is 4. The van der Waals surface area contributed by atoms with Crippen molar-refractivity contribution in [2.45, 2.75) is 10.6 Å². The zero-order valence-electron chi connectivity index (χ0n) is 16.2. The van der Waals surface area contributed by atoms with Gasteiger partial charge in [-0.2, -0.15) is 0 Å². The third-order valence-electron chi connectivity index (χ3n) is 4.49. The Labute approximate surface area is 175 Å². The molecule has 0 radical (unpaired) electrons. The Morgan fingerprint density at radius 2 is 2.21 bits per heavy atom. The molecule has 1 atom stereocenters. The van der Waals surface area contributed by atoms with Crippen LogP contribution in [0, 0.1) is 0 Å². The van der Waals surface area contributed by atoms with Gasteiger partial charge >= 0.3 is 0 Å². The van der Waals surface area contributed by atoms with Gasteiger partial charge in [0.1, 0.15) is 9.04 Å². The molecule has 0 fully saturated rings. The summed E-state index contributed by atoms with van der Waals surface area (Å²) in [4.78, 5) is 14.3. The van der Waals surface area contributed by atoms with Crippen LogP contribution in [0.3, 0.4) is 0 Å². The Morgan fingerprint density at radius 1 is 1.34 bits per heavy atom. The second-order valence-electron chi connectivity index (χ2n) is 6.60. The molecule has 4 rings (SSSR count). The van der Waals surface area contributed by atoms with E-state index in [-0.39, 0.29) is 0 Å². The minimum atomic E-state index is -1.20. The second kappa shape index (κ2) is 8.40. The summed E-state index contributed by atoms with van der Waals surface area (Å²) in [5, 5.41) is 0.802. The van der Waals surface area contributed by atoms with E-state index in [1.165, 1.54) is 11.3 Å². The highest BCUT2D eigenvalue weighted by molar-refractivity contribution is 7.87. The first-order valence-corrected chi connectivity index (χ1v) is 11.2. The van der Waals surface area contributed by atoms with Gasteiger partial charge in [0.25, 0.3) is 0 Å². The van der Waals surface area contributed by atoms with E-state index in [0.29, 0.717) is 28.7 Å². The number of hydrogen-bond donors (Lipinski definition) is 1. The fourth-order valence-electron chi connectivity index (χ4n) is 3.11. The van der Waals surface area contributed by atoms with Crippen molar-refractivity contribution in [3.8, 4) is 22.5 Å². The van der Waals surface area contributed by atoms with Gasteiger partial charge in [0.2, 0.25) is 0 Å². The number of fused-ring (bicyclic) bond motifs is 1. The van der Waals surface area contributed by atoms with Gasteiger partial charge < -0.3 is 15.0 Å². The molecule has 0 aliphatic heterocycles. The van der Waals surface area contributed by atoms with Crippen molar-refractivity contribution in [3.63, 3.8) is 0 Å². The molecule has 0 unspecified atom stereocenters. The van der Waals surface area contributed by atoms with Gasteiger partial charge in [0.15, 0.2) is 0 Å². The van der Waals surface area contributed by atoms with Crippen LogP contribution in [-0.4, -0.2) is 43.2 Å². The van der Waals surface area contributed by atoms with Gasteiger partial charge in [0.05, 0.1) is 34.2 Å². The lowest BCUT2D eigenvalue weighted by molar-refractivity contribution is 0.200. The maximum atomic E-state index is 12.8. The van der Waals surface area contributed by atoms with Gasteiger partial charge in [-0.05, 0) is 24.6 Å². The molecule has 0 aromatic carbocycles. The van der Waals surface area contributed by atoms with Gasteiger partial charge in [0, 0.05) is 61.6 Å². The van der Waals surface area contributed by atoms with E-state index in [1.54, 1.807) is 25.8 Å². The molecule has 0 bridgehead atoms. The molecule has 7 nitrogen and oxygen atoms in total.